The summed E-state index contributed by atoms with van der Waals surface area (Å²) < 4.78 is 0. The van der Waals surface area contributed by atoms with Crippen molar-refractivity contribution in [1.82, 2.24) is 15.0 Å². The van der Waals surface area contributed by atoms with Crippen molar-refractivity contribution in [3.63, 3.8) is 0 Å². The summed E-state index contributed by atoms with van der Waals surface area (Å²) in [6.45, 7) is 0.571. The Morgan fingerprint density at radius 3 is 2.43 bits per heavy atom. The molecule has 148 valence electrons. The fourth-order valence-electron chi connectivity index (χ4n) is 3.99. The molecule has 0 spiro atoms. The molecule has 4 rings (SSSR count). The standard InChI is InChI=1S/C21H23ClN4O.ClH/c22-16-5-4-15(12-17(16)27)19-18(14-6-10-24-11-7-14)25-20(26-19)21(13-23)8-2-1-3-9-21;/h4-7,10-12,27H,1-3,8-9,13,23H2,(H,25,26);1H. The second kappa shape index (κ2) is 8.52. The van der Waals surface area contributed by atoms with Crippen LogP contribution >= 0.6 is 24.0 Å². The van der Waals surface area contributed by atoms with Crippen molar-refractivity contribution in [2.45, 2.75) is 37.5 Å². The zero-order valence-corrected chi connectivity index (χ0v) is 17.1. The minimum Gasteiger partial charge on any atom is -0.506 e. The number of benzene rings is 1. The number of nitrogens with one attached hydrogen (secondary N) is 1. The molecule has 3 aromatic rings. The second-order valence-corrected chi connectivity index (χ2v) is 7.66. The van der Waals surface area contributed by atoms with Gasteiger partial charge >= 0.3 is 0 Å². The number of imidazole rings is 1. The first-order chi connectivity index (χ1) is 13.1. The minimum atomic E-state index is -0.118. The number of pyridine rings is 1. The van der Waals surface area contributed by atoms with Gasteiger partial charge in [-0.2, -0.15) is 0 Å². The lowest BCUT2D eigenvalue weighted by molar-refractivity contribution is 0.288. The molecule has 0 unspecified atom stereocenters. The highest BCUT2D eigenvalue weighted by molar-refractivity contribution is 6.32. The number of hydrogen-bond donors (Lipinski definition) is 3. The van der Waals surface area contributed by atoms with Crippen LogP contribution in [0.5, 0.6) is 5.75 Å². The Bertz CT molecular complexity index is 937. The van der Waals surface area contributed by atoms with Gasteiger partial charge in [-0.25, -0.2) is 4.98 Å². The zero-order chi connectivity index (χ0) is 18.9. The number of rotatable bonds is 4. The van der Waals surface area contributed by atoms with E-state index in [1.54, 1.807) is 24.5 Å². The molecule has 0 atom stereocenters. The Kier molecular flexibility index (Phi) is 6.28. The summed E-state index contributed by atoms with van der Waals surface area (Å²) in [6.07, 6.45) is 9.18. The molecule has 0 amide bonds. The molecule has 0 bridgehead atoms. The monoisotopic (exact) mass is 418 g/mol. The van der Waals surface area contributed by atoms with Gasteiger partial charge in [-0.1, -0.05) is 36.9 Å². The van der Waals surface area contributed by atoms with Crippen LogP contribution < -0.4 is 5.73 Å². The highest BCUT2D eigenvalue weighted by atomic mass is 35.5. The molecular formula is C21H24Cl2N4O. The molecule has 2 heterocycles. The Morgan fingerprint density at radius 2 is 1.79 bits per heavy atom. The summed E-state index contributed by atoms with van der Waals surface area (Å²) in [5.74, 6) is 0.978. The van der Waals surface area contributed by atoms with Crippen molar-refractivity contribution >= 4 is 24.0 Å². The number of nitrogens with two attached hydrogens (primary N) is 1. The molecule has 0 radical (unpaired) electrons. The topological polar surface area (TPSA) is 87.8 Å². The average molecular weight is 419 g/mol. The zero-order valence-electron chi connectivity index (χ0n) is 15.5. The predicted octanol–water partition coefficient (Wildman–Crippen LogP) is 5.08. The Labute approximate surface area is 175 Å². The number of aromatic nitrogens is 3. The Hall–Kier alpha value is -2.08. The molecule has 1 aliphatic carbocycles. The average Bonchev–Trinajstić information content (AvgIpc) is 3.17. The third-order valence-corrected chi connectivity index (χ3v) is 5.92. The summed E-state index contributed by atoms with van der Waals surface area (Å²) in [5, 5.41) is 10.4. The fraction of sp³-hybridized carbons (Fsp3) is 0.333. The van der Waals surface area contributed by atoms with Gasteiger partial charge in [-0.15, -0.1) is 12.4 Å². The van der Waals surface area contributed by atoms with E-state index in [0.29, 0.717) is 11.6 Å². The van der Waals surface area contributed by atoms with Crippen molar-refractivity contribution in [1.29, 1.82) is 0 Å². The van der Waals surface area contributed by atoms with Crippen LogP contribution in [-0.2, 0) is 5.41 Å². The number of phenolic OH excluding ortho intramolecular Hbond substituents is 1. The number of H-pyrrole nitrogens is 1. The van der Waals surface area contributed by atoms with Gasteiger partial charge in [-0.3, -0.25) is 4.98 Å². The Balaban J connectivity index is 0.00000225. The van der Waals surface area contributed by atoms with Crippen molar-refractivity contribution < 1.29 is 5.11 Å². The van der Waals surface area contributed by atoms with E-state index in [1.807, 2.05) is 18.2 Å². The summed E-state index contributed by atoms with van der Waals surface area (Å²) in [5.41, 5.74) is 9.62. The highest BCUT2D eigenvalue weighted by Crippen LogP contribution is 2.41. The van der Waals surface area contributed by atoms with Gasteiger partial charge in [0.15, 0.2) is 0 Å². The van der Waals surface area contributed by atoms with Crippen LogP contribution in [0.1, 0.15) is 37.9 Å². The molecule has 28 heavy (non-hydrogen) atoms. The van der Waals surface area contributed by atoms with E-state index in [9.17, 15) is 5.11 Å². The lowest BCUT2D eigenvalue weighted by Gasteiger charge is -2.34. The Morgan fingerprint density at radius 1 is 1.07 bits per heavy atom. The van der Waals surface area contributed by atoms with E-state index >= 15 is 0 Å². The third kappa shape index (κ3) is 3.75. The number of aromatic hydroxyl groups is 1. The van der Waals surface area contributed by atoms with Crippen LogP contribution in [0, 0.1) is 0 Å². The lowest BCUT2D eigenvalue weighted by atomic mass is 9.73. The number of nitrogens with zero attached hydrogens (tertiary/aromatic N) is 2. The van der Waals surface area contributed by atoms with E-state index < -0.39 is 0 Å². The smallest absolute Gasteiger partial charge is 0.134 e. The van der Waals surface area contributed by atoms with Crippen LogP contribution in [0.25, 0.3) is 22.5 Å². The molecular weight excluding hydrogens is 395 g/mol. The van der Waals surface area contributed by atoms with Gasteiger partial charge in [0, 0.05) is 35.5 Å². The van der Waals surface area contributed by atoms with Crippen molar-refractivity contribution in [3.05, 3.63) is 53.6 Å². The van der Waals surface area contributed by atoms with Gasteiger partial charge < -0.3 is 15.8 Å². The number of halogens is 2. The fourth-order valence-corrected chi connectivity index (χ4v) is 4.10. The third-order valence-electron chi connectivity index (χ3n) is 5.60. The maximum Gasteiger partial charge on any atom is 0.134 e. The first-order valence-electron chi connectivity index (χ1n) is 9.33. The first-order valence-corrected chi connectivity index (χ1v) is 9.71. The summed E-state index contributed by atoms with van der Waals surface area (Å²) >= 11 is 5.99. The number of hydrogen-bond acceptors (Lipinski definition) is 4. The normalized spacial score (nSPS) is 15.8. The summed E-state index contributed by atoms with van der Waals surface area (Å²) in [7, 11) is 0. The first kappa shape index (κ1) is 20.6. The van der Waals surface area contributed by atoms with E-state index in [2.05, 4.69) is 9.97 Å². The summed E-state index contributed by atoms with van der Waals surface area (Å²) in [6, 6.07) is 9.13. The molecule has 5 nitrogen and oxygen atoms in total. The molecule has 7 heteroatoms. The van der Waals surface area contributed by atoms with Gasteiger partial charge in [0.25, 0.3) is 0 Å². The van der Waals surface area contributed by atoms with E-state index in [1.165, 1.54) is 19.3 Å². The van der Waals surface area contributed by atoms with E-state index in [0.717, 1.165) is 41.2 Å². The van der Waals surface area contributed by atoms with Crippen molar-refractivity contribution in [2.75, 3.05) is 6.54 Å². The molecule has 4 N–H and O–H groups in total. The van der Waals surface area contributed by atoms with Crippen LogP contribution in [0.15, 0.2) is 42.7 Å². The SMILES string of the molecule is Cl.NCC1(c2nc(-c3ccc(Cl)c(O)c3)c(-c3ccncc3)[nH]2)CCCCC1. The van der Waals surface area contributed by atoms with Gasteiger partial charge in [0.05, 0.1) is 16.4 Å². The summed E-state index contributed by atoms with van der Waals surface area (Å²) in [4.78, 5) is 12.7. The molecule has 1 aliphatic rings. The van der Waals surface area contributed by atoms with Crippen LogP contribution in [-0.4, -0.2) is 26.6 Å². The molecule has 1 fully saturated rings. The second-order valence-electron chi connectivity index (χ2n) is 7.26. The van der Waals surface area contributed by atoms with Crippen LogP contribution in [0.4, 0.5) is 0 Å². The molecule has 1 saturated carbocycles. The van der Waals surface area contributed by atoms with Crippen LogP contribution in [0.3, 0.4) is 0 Å². The highest BCUT2D eigenvalue weighted by Gasteiger charge is 2.36. The lowest BCUT2D eigenvalue weighted by Crippen LogP contribution is -2.38. The van der Waals surface area contributed by atoms with Gasteiger partial charge in [0.2, 0.25) is 0 Å². The van der Waals surface area contributed by atoms with Gasteiger partial charge in [-0.05, 0) is 37.1 Å². The predicted molar refractivity (Wildman–Crippen MR) is 115 cm³/mol. The maximum absolute atomic E-state index is 10.1. The van der Waals surface area contributed by atoms with Crippen molar-refractivity contribution in [2.24, 2.45) is 5.73 Å². The van der Waals surface area contributed by atoms with Crippen molar-refractivity contribution in [3.8, 4) is 28.3 Å². The quantitative estimate of drug-likeness (QED) is 0.550. The minimum absolute atomic E-state index is 0. The molecule has 0 aliphatic heterocycles. The van der Waals surface area contributed by atoms with Gasteiger partial charge in [0.1, 0.15) is 11.6 Å². The number of phenols is 1. The van der Waals surface area contributed by atoms with E-state index in [-0.39, 0.29) is 23.6 Å². The maximum atomic E-state index is 10.1. The van der Waals surface area contributed by atoms with E-state index in [4.69, 9.17) is 22.3 Å². The largest absolute Gasteiger partial charge is 0.506 e. The molecule has 1 aromatic carbocycles. The molecule has 0 saturated heterocycles. The number of aromatic amines is 1. The van der Waals surface area contributed by atoms with Crippen LogP contribution in [0.2, 0.25) is 5.02 Å². The molecule has 2 aromatic heterocycles.